The Morgan fingerprint density at radius 1 is 1.43 bits per heavy atom. The molecule has 0 saturated heterocycles. The Kier molecular flexibility index (Phi) is 2.61. The molecule has 0 atom stereocenters. The molecule has 0 spiro atoms. The van der Waals surface area contributed by atoms with Gasteiger partial charge in [-0.05, 0) is 0 Å². The van der Waals surface area contributed by atoms with Gasteiger partial charge in [-0.3, -0.25) is 15.1 Å². The zero-order valence-electron chi connectivity index (χ0n) is 6.38. The number of aromatic nitrogens is 1. The van der Waals surface area contributed by atoms with Crippen molar-refractivity contribution in [2.24, 2.45) is 0 Å². The third kappa shape index (κ3) is 1.92. The van der Waals surface area contributed by atoms with Crippen LogP contribution < -0.4 is 0 Å². The molecule has 0 unspecified atom stereocenters. The quantitative estimate of drug-likeness (QED) is 0.546. The van der Waals surface area contributed by atoms with Crippen molar-refractivity contribution in [2.75, 3.05) is 0 Å². The molecule has 0 bridgehead atoms. The average molecular weight is 227 g/mol. The van der Waals surface area contributed by atoms with Crippen LogP contribution in [0.3, 0.4) is 0 Å². The third-order valence-electron chi connectivity index (χ3n) is 1.36. The summed E-state index contributed by atoms with van der Waals surface area (Å²) in [5.41, 5.74) is -2.62. The van der Waals surface area contributed by atoms with Gasteiger partial charge < -0.3 is 0 Å². The van der Waals surface area contributed by atoms with Crippen LogP contribution in [0.1, 0.15) is 5.56 Å². The van der Waals surface area contributed by atoms with Gasteiger partial charge in [-0.15, -0.1) is 0 Å². The van der Waals surface area contributed by atoms with Gasteiger partial charge in [-0.1, -0.05) is 11.6 Å². The van der Waals surface area contributed by atoms with Crippen molar-refractivity contribution in [3.05, 3.63) is 33.1 Å². The van der Waals surface area contributed by atoms with Crippen LogP contribution in [0.15, 0.2) is 12.4 Å². The molecule has 0 radical (unpaired) electrons. The van der Waals surface area contributed by atoms with Crippen molar-refractivity contribution in [2.45, 2.75) is 6.18 Å². The lowest BCUT2D eigenvalue weighted by atomic mass is 10.2. The Hall–Kier alpha value is -1.37. The summed E-state index contributed by atoms with van der Waals surface area (Å²) in [5.74, 6) is 0. The lowest BCUT2D eigenvalue weighted by Crippen LogP contribution is -2.10. The molecule has 0 aromatic carbocycles. The van der Waals surface area contributed by atoms with Crippen molar-refractivity contribution in [3.8, 4) is 0 Å². The van der Waals surface area contributed by atoms with Crippen molar-refractivity contribution < 1.29 is 18.1 Å². The van der Waals surface area contributed by atoms with Crippen molar-refractivity contribution in [1.82, 2.24) is 4.98 Å². The van der Waals surface area contributed by atoms with E-state index >= 15 is 0 Å². The second kappa shape index (κ2) is 3.41. The highest BCUT2D eigenvalue weighted by Crippen LogP contribution is 2.39. The zero-order valence-corrected chi connectivity index (χ0v) is 7.13. The van der Waals surface area contributed by atoms with Gasteiger partial charge in [0.05, 0.1) is 9.95 Å². The monoisotopic (exact) mass is 226 g/mol. The molecular formula is C6H2ClF3N2O2. The smallest absolute Gasteiger partial charge is 0.258 e. The van der Waals surface area contributed by atoms with Crippen LogP contribution in [0.4, 0.5) is 18.9 Å². The summed E-state index contributed by atoms with van der Waals surface area (Å²) in [6.07, 6.45) is -3.64. The van der Waals surface area contributed by atoms with Gasteiger partial charge in [0.1, 0.15) is 6.20 Å². The molecule has 4 nitrogen and oxygen atoms in total. The summed E-state index contributed by atoms with van der Waals surface area (Å²) in [4.78, 5) is 12.3. The highest BCUT2D eigenvalue weighted by Gasteiger charge is 2.40. The molecule has 0 aliphatic rings. The molecule has 8 heteroatoms. The van der Waals surface area contributed by atoms with E-state index in [0.29, 0.717) is 12.4 Å². The van der Waals surface area contributed by atoms with Crippen LogP contribution in [-0.2, 0) is 6.18 Å². The summed E-state index contributed by atoms with van der Waals surface area (Å²) in [7, 11) is 0. The van der Waals surface area contributed by atoms with E-state index in [1.165, 1.54) is 0 Å². The Morgan fingerprint density at radius 2 is 2.00 bits per heavy atom. The molecule has 1 rings (SSSR count). The first-order valence-electron chi connectivity index (χ1n) is 3.19. The maximum absolute atomic E-state index is 12.3. The highest BCUT2D eigenvalue weighted by atomic mass is 35.5. The van der Waals surface area contributed by atoms with Gasteiger partial charge in [0.2, 0.25) is 0 Å². The summed E-state index contributed by atoms with van der Waals surface area (Å²) < 4.78 is 36.8. The van der Waals surface area contributed by atoms with Gasteiger partial charge in [-0.25, -0.2) is 0 Å². The molecular weight excluding hydrogens is 225 g/mol. The minimum atomic E-state index is -4.86. The molecule has 0 aliphatic carbocycles. The normalized spacial score (nSPS) is 11.4. The Morgan fingerprint density at radius 3 is 2.36 bits per heavy atom. The first-order chi connectivity index (χ1) is 6.34. The van der Waals surface area contributed by atoms with Crippen LogP contribution >= 0.6 is 11.6 Å². The lowest BCUT2D eigenvalue weighted by molar-refractivity contribution is -0.388. The second-order valence-electron chi connectivity index (χ2n) is 2.27. The second-order valence-corrected chi connectivity index (χ2v) is 2.68. The van der Waals surface area contributed by atoms with E-state index in [-0.39, 0.29) is 0 Å². The first kappa shape index (κ1) is 10.7. The topological polar surface area (TPSA) is 56.0 Å². The molecule has 1 heterocycles. The number of hydrogen-bond donors (Lipinski definition) is 0. The summed E-state index contributed by atoms with van der Waals surface area (Å²) in [6.45, 7) is 0. The largest absolute Gasteiger partial charge is 0.424 e. The minimum Gasteiger partial charge on any atom is -0.258 e. The molecule has 0 saturated carbocycles. The zero-order chi connectivity index (χ0) is 10.9. The number of pyridine rings is 1. The van der Waals surface area contributed by atoms with E-state index in [4.69, 9.17) is 11.6 Å². The Labute approximate surface area is 80.5 Å². The molecule has 76 valence electrons. The molecule has 0 fully saturated rings. The first-order valence-corrected chi connectivity index (χ1v) is 3.57. The van der Waals surface area contributed by atoms with Gasteiger partial charge in [0, 0.05) is 6.20 Å². The standard InChI is InChI=1S/C6H2ClF3N2O2/c7-3-1-11-2-4(12(13)14)5(3)6(8,9)10/h1-2H. The number of nitrogens with zero attached hydrogens (tertiary/aromatic N) is 2. The van der Waals surface area contributed by atoms with Gasteiger partial charge in [0.15, 0.2) is 5.56 Å². The minimum absolute atomic E-state index is 0.509. The molecule has 0 aliphatic heterocycles. The van der Waals surface area contributed by atoms with Crippen LogP contribution in [0, 0.1) is 10.1 Å². The van der Waals surface area contributed by atoms with Crippen molar-refractivity contribution >= 4 is 17.3 Å². The number of alkyl halides is 3. The van der Waals surface area contributed by atoms with E-state index < -0.39 is 27.4 Å². The number of halogens is 4. The fourth-order valence-corrected chi connectivity index (χ4v) is 1.10. The van der Waals surface area contributed by atoms with Crippen molar-refractivity contribution in [1.29, 1.82) is 0 Å². The fourth-order valence-electron chi connectivity index (χ4n) is 0.844. The molecule has 14 heavy (non-hydrogen) atoms. The predicted molar refractivity (Wildman–Crippen MR) is 40.9 cm³/mol. The van der Waals surface area contributed by atoms with E-state index in [0.717, 1.165) is 0 Å². The third-order valence-corrected chi connectivity index (χ3v) is 1.65. The fraction of sp³-hybridized carbons (Fsp3) is 0.167. The van der Waals surface area contributed by atoms with E-state index in [1.54, 1.807) is 0 Å². The number of hydrogen-bond acceptors (Lipinski definition) is 3. The maximum Gasteiger partial charge on any atom is 0.424 e. The van der Waals surface area contributed by atoms with Gasteiger partial charge in [0.25, 0.3) is 0 Å². The molecule has 0 amide bonds. The predicted octanol–water partition coefficient (Wildman–Crippen LogP) is 2.66. The Bertz CT molecular complexity index is 380. The maximum atomic E-state index is 12.3. The molecule has 1 aromatic heterocycles. The summed E-state index contributed by atoms with van der Waals surface area (Å²) in [5, 5.41) is 9.44. The van der Waals surface area contributed by atoms with Gasteiger partial charge in [-0.2, -0.15) is 13.2 Å². The van der Waals surface area contributed by atoms with Crippen LogP contribution in [-0.4, -0.2) is 9.91 Å². The van der Waals surface area contributed by atoms with Crippen LogP contribution in [0.2, 0.25) is 5.02 Å². The Balaban J connectivity index is 3.45. The highest BCUT2D eigenvalue weighted by molar-refractivity contribution is 6.31. The van der Waals surface area contributed by atoms with Crippen LogP contribution in [0.5, 0.6) is 0 Å². The molecule has 1 aromatic rings. The van der Waals surface area contributed by atoms with E-state index in [2.05, 4.69) is 4.98 Å². The summed E-state index contributed by atoms with van der Waals surface area (Å²) in [6, 6.07) is 0. The molecule has 0 N–H and O–H groups in total. The SMILES string of the molecule is O=[N+]([O-])c1cncc(Cl)c1C(F)(F)F. The van der Waals surface area contributed by atoms with Crippen LogP contribution in [0.25, 0.3) is 0 Å². The lowest BCUT2D eigenvalue weighted by Gasteiger charge is -2.07. The summed E-state index contributed by atoms with van der Waals surface area (Å²) >= 11 is 5.17. The van der Waals surface area contributed by atoms with Crippen molar-refractivity contribution in [3.63, 3.8) is 0 Å². The average Bonchev–Trinajstić information content (AvgIpc) is 2.01. The van der Waals surface area contributed by atoms with E-state index in [1.807, 2.05) is 0 Å². The number of rotatable bonds is 1. The number of nitro groups is 1. The van der Waals surface area contributed by atoms with Gasteiger partial charge >= 0.3 is 11.9 Å². The van der Waals surface area contributed by atoms with E-state index in [9.17, 15) is 23.3 Å².